The Hall–Kier alpha value is -0.0800. The molecule has 3 atom stereocenters. The number of hydrogen-bond acceptors (Lipinski definition) is 2. The molecule has 2 aliphatic carbocycles. The van der Waals surface area contributed by atoms with Crippen molar-refractivity contribution in [2.75, 3.05) is 0 Å². The van der Waals surface area contributed by atoms with E-state index >= 15 is 0 Å². The third-order valence-electron chi connectivity index (χ3n) is 3.68. The van der Waals surface area contributed by atoms with Gasteiger partial charge < -0.3 is 10.2 Å². The second-order valence-corrected chi connectivity index (χ2v) is 4.49. The Bertz CT molecular complexity index is 169. The van der Waals surface area contributed by atoms with Crippen LogP contribution < -0.4 is 0 Å². The van der Waals surface area contributed by atoms with Gasteiger partial charge in [0.25, 0.3) is 0 Å². The molecule has 2 saturated carbocycles. The van der Waals surface area contributed by atoms with Gasteiger partial charge in [-0.1, -0.05) is 12.8 Å². The van der Waals surface area contributed by atoms with Crippen molar-refractivity contribution in [1.82, 2.24) is 0 Å². The van der Waals surface area contributed by atoms with Crippen molar-refractivity contribution in [3.05, 3.63) is 0 Å². The number of aliphatic hydroxyl groups is 2. The van der Waals surface area contributed by atoms with Gasteiger partial charge in [-0.3, -0.25) is 0 Å². The highest BCUT2D eigenvalue weighted by atomic mass is 16.3. The molecule has 2 fully saturated rings. The quantitative estimate of drug-likeness (QED) is 0.577. The Labute approximate surface area is 73.6 Å². The van der Waals surface area contributed by atoms with Gasteiger partial charge in [0.2, 0.25) is 0 Å². The SMILES string of the molecule is O[C@@H]1CC[C@H]2CCC[C@]1(O)CC2. The molecule has 0 aliphatic heterocycles. The second-order valence-electron chi connectivity index (χ2n) is 4.49. The van der Waals surface area contributed by atoms with Crippen molar-refractivity contribution < 1.29 is 10.2 Å². The first-order chi connectivity index (χ1) is 5.71. The lowest BCUT2D eigenvalue weighted by Gasteiger charge is -2.31. The summed E-state index contributed by atoms with van der Waals surface area (Å²) in [7, 11) is 0. The average molecular weight is 170 g/mol. The molecule has 0 radical (unpaired) electrons. The smallest absolute Gasteiger partial charge is 0.0905 e. The molecule has 0 spiro atoms. The highest BCUT2D eigenvalue weighted by Gasteiger charge is 2.40. The highest BCUT2D eigenvalue weighted by Crippen LogP contribution is 2.39. The number of rotatable bonds is 0. The molecule has 2 nitrogen and oxygen atoms in total. The topological polar surface area (TPSA) is 40.5 Å². The predicted molar refractivity (Wildman–Crippen MR) is 46.8 cm³/mol. The van der Waals surface area contributed by atoms with Gasteiger partial charge in [0.05, 0.1) is 11.7 Å². The van der Waals surface area contributed by atoms with Crippen LogP contribution in [-0.2, 0) is 0 Å². The zero-order valence-electron chi connectivity index (χ0n) is 7.50. The summed E-state index contributed by atoms with van der Waals surface area (Å²) >= 11 is 0. The first kappa shape index (κ1) is 8.52. The van der Waals surface area contributed by atoms with Gasteiger partial charge in [-0.25, -0.2) is 0 Å². The van der Waals surface area contributed by atoms with Crippen molar-refractivity contribution in [3.8, 4) is 0 Å². The Kier molecular flexibility index (Phi) is 2.13. The van der Waals surface area contributed by atoms with E-state index in [-0.39, 0.29) is 0 Å². The van der Waals surface area contributed by atoms with Crippen LogP contribution in [0.25, 0.3) is 0 Å². The predicted octanol–water partition coefficient (Wildman–Crippen LogP) is 1.45. The minimum Gasteiger partial charge on any atom is -0.390 e. The van der Waals surface area contributed by atoms with Crippen LogP contribution in [-0.4, -0.2) is 21.9 Å². The lowest BCUT2D eigenvalue weighted by Crippen LogP contribution is -2.41. The van der Waals surface area contributed by atoms with Crippen molar-refractivity contribution in [3.63, 3.8) is 0 Å². The molecule has 0 amide bonds. The summed E-state index contributed by atoms with van der Waals surface area (Å²) in [6.07, 6.45) is 6.57. The van der Waals surface area contributed by atoms with Crippen LogP contribution >= 0.6 is 0 Å². The largest absolute Gasteiger partial charge is 0.390 e. The third-order valence-corrected chi connectivity index (χ3v) is 3.68. The van der Waals surface area contributed by atoms with Crippen LogP contribution in [0.15, 0.2) is 0 Å². The molecule has 0 aromatic heterocycles. The summed E-state index contributed by atoms with van der Waals surface area (Å²) in [6, 6.07) is 0. The lowest BCUT2D eigenvalue weighted by atomic mass is 9.86. The van der Waals surface area contributed by atoms with Crippen LogP contribution in [0.3, 0.4) is 0 Å². The molecular formula is C10H18O2. The van der Waals surface area contributed by atoms with E-state index in [1.807, 2.05) is 0 Å². The Morgan fingerprint density at radius 1 is 1.00 bits per heavy atom. The molecule has 0 unspecified atom stereocenters. The van der Waals surface area contributed by atoms with E-state index in [0.29, 0.717) is 0 Å². The fourth-order valence-corrected chi connectivity index (χ4v) is 2.70. The summed E-state index contributed by atoms with van der Waals surface area (Å²) in [4.78, 5) is 0. The highest BCUT2D eigenvalue weighted by molar-refractivity contribution is 4.92. The van der Waals surface area contributed by atoms with Crippen molar-refractivity contribution in [2.24, 2.45) is 5.92 Å². The first-order valence-corrected chi connectivity index (χ1v) is 5.11. The number of hydrogen-bond donors (Lipinski definition) is 2. The van der Waals surface area contributed by atoms with Gasteiger partial charge in [-0.15, -0.1) is 0 Å². The van der Waals surface area contributed by atoms with Gasteiger partial charge in [0.1, 0.15) is 0 Å². The summed E-state index contributed by atoms with van der Waals surface area (Å²) in [5.74, 6) is 0.774. The maximum Gasteiger partial charge on any atom is 0.0905 e. The molecule has 0 aromatic rings. The molecular weight excluding hydrogens is 152 g/mol. The summed E-state index contributed by atoms with van der Waals surface area (Å²) < 4.78 is 0. The average Bonchev–Trinajstić information content (AvgIpc) is 2.29. The van der Waals surface area contributed by atoms with E-state index < -0.39 is 11.7 Å². The maximum atomic E-state index is 10.1. The summed E-state index contributed by atoms with van der Waals surface area (Å²) in [6.45, 7) is 0. The fourth-order valence-electron chi connectivity index (χ4n) is 2.70. The van der Waals surface area contributed by atoms with E-state index in [4.69, 9.17) is 0 Å². The minimum atomic E-state index is -0.731. The Balaban J connectivity index is 2.17. The molecule has 0 aromatic carbocycles. The van der Waals surface area contributed by atoms with Crippen molar-refractivity contribution >= 4 is 0 Å². The molecule has 2 heteroatoms. The molecule has 0 heterocycles. The van der Waals surface area contributed by atoms with Gasteiger partial charge in [0, 0.05) is 0 Å². The fraction of sp³-hybridized carbons (Fsp3) is 1.00. The van der Waals surface area contributed by atoms with Crippen molar-refractivity contribution in [1.29, 1.82) is 0 Å². The zero-order valence-corrected chi connectivity index (χ0v) is 7.50. The van der Waals surface area contributed by atoms with Crippen LogP contribution in [0.2, 0.25) is 0 Å². The monoisotopic (exact) mass is 170 g/mol. The molecule has 2 aliphatic rings. The van der Waals surface area contributed by atoms with Crippen LogP contribution in [0.5, 0.6) is 0 Å². The Morgan fingerprint density at radius 3 is 2.67 bits per heavy atom. The maximum absolute atomic E-state index is 10.1. The zero-order chi connectivity index (χ0) is 8.60. The van der Waals surface area contributed by atoms with Gasteiger partial charge in [-0.05, 0) is 38.0 Å². The van der Waals surface area contributed by atoms with Gasteiger partial charge in [-0.2, -0.15) is 0 Å². The molecule has 12 heavy (non-hydrogen) atoms. The number of fused-ring (bicyclic) bond motifs is 3. The van der Waals surface area contributed by atoms with Crippen molar-refractivity contribution in [2.45, 2.75) is 56.7 Å². The molecule has 70 valence electrons. The number of aliphatic hydroxyl groups excluding tert-OH is 1. The Morgan fingerprint density at radius 2 is 1.83 bits per heavy atom. The summed E-state index contributed by atoms with van der Waals surface area (Å²) in [5, 5.41) is 19.8. The van der Waals surface area contributed by atoms with Gasteiger partial charge >= 0.3 is 0 Å². The third kappa shape index (κ3) is 1.38. The van der Waals surface area contributed by atoms with Crippen LogP contribution in [0.4, 0.5) is 0 Å². The molecule has 2 rings (SSSR count). The first-order valence-electron chi connectivity index (χ1n) is 5.11. The minimum absolute atomic E-state index is 0.456. The molecule has 2 bridgehead atoms. The van der Waals surface area contributed by atoms with Crippen LogP contribution in [0, 0.1) is 5.92 Å². The molecule has 0 saturated heterocycles. The van der Waals surface area contributed by atoms with Gasteiger partial charge in [0.15, 0.2) is 0 Å². The lowest BCUT2D eigenvalue weighted by molar-refractivity contribution is -0.0845. The summed E-state index contributed by atoms with van der Waals surface area (Å²) in [5.41, 5.74) is -0.731. The van der Waals surface area contributed by atoms with E-state index in [9.17, 15) is 10.2 Å². The van der Waals surface area contributed by atoms with E-state index in [0.717, 1.165) is 44.4 Å². The van der Waals surface area contributed by atoms with E-state index in [1.165, 1.54) is 6.42 Å². The standard InChI is InChI=1S/C10H18O2/c11-9-4-3-8-2-1-6-10(9,12)7-5-8/h8-9,11-12H,1-7H2/t8-,9-,10+/m1/s1. The van der Waals surface area contributed by atoms with E-state index in [1.54, 1.807) is 0 Å². The second kappa shape index (κ2) is 3.00. The van der Waals surface area contributed by atoms with E-state index in [2.05, 4.69) is 0 Å². The van der Waals surface area contributed by atoms with Crippen LogP contribution in [0.1, 0.15) is 44.9 Å². The molecule has 2 N–H and O–H groups in total. The normalized spacial score (nSPS) is 48.5.